The van der Waals surface area contributed by atoms with E-state index in [0.29, 0.717) is 12.2 Å². The SMILES string of the molecule is CCC(O)c1c(OC)cnn1C. The first-order valence-electron chi connectivity index (χ1n) is 3.94. The number of ether oxygens (including phenoxy) is 1. The zero-order valence-electron chi connectivity index (χ0n) is 7.61. The Kier molecular flexibility index (Phi) is 2.70. The first-order chi connectivity index (χ1) is 5.70. The maximum absolute atomic E-state index is 9.57. The van der Waals surface area contributed by atoms with Crippen molar-refractivity contribution in [1.82, 2.24) is 9.78 Å². The van der Waals surface area contributed by atoms with Crippen molar-refractivity contribution >= 4 is 0 Å². The van der Waals surface area contributed by atoms with Gasteiger partial charge in [0, 0.05) is 7.05 Å². The van der Waals surface area contributed by atoms with E-state index >= 15 is 0 Å². The Labute approximate surface area is 71.8 Å². The Bertz CT molecular complexity index is 258. The molecule has 0 saturated carbocycles. The third-order valence-corrected chi connectivity index (χ3v) is 1.87. The fourth-order valence-corrected chi connectivity index (χ4v) is 1.16. The van der Waals surface area contributed by atoms with E-state index in [-0.39, 0.29) is 0 Å². The summed E-state index contributed by atoms with van der Waals surface area (Å²) in [5, 5.41) is 13.6. The van der Waals surface area contributed by atoms with Crippen LogP contribution < -0.4 is 4.74 Å². The molecular formula is C8H14N2O2. The molecule has 0 aliphatic rings. The molecular weight excluding hydrogens is 156 g/mol. The number of rotatable bonds is 3. The molecule has 0 aliphatic heterocycles. The van der Waals surface area contributed by atoms with Crippen molar-refractivity contribution in [1.29, 1.82) is 0 Å². The van der Waals surface area contributed by atoms with Gasteiger partial charge in [-0.3, -0.25) is 4.68 Å². The molecule has 0 aliphatic carbocycles. The van der Waals surface area contributed by atoms with Crippen molar-refractivity contribution in [3.63, 3.8) is 0 Å². The van der Waals surface area contributed by atoms with Crippen molar-refractivity contribution in [2.45, 2.75) is 19.4 Å². The molecule has 0 saturated heterocycles. The fraction of sp³-hybridized carbons (Fsp3) is 0.625. The van der Waals surface area contributed by atoms with E-state index in [1.165, 1.54) is 0 Å². The molecule has 12 heavy (non-hydrogen) atoms. The molecule has 0 bridgehead atoms. The molecule has 1 N–H and O–H groups in total. The van der Waals surface area contributed by atoms with Gasteiger partial charge >= 0.3 is 0 Å². The van der Waals surface area contributed by atoms with Crippen LogP contribution in [0.3, 0.4) is 0 Å². The van der Waals surface area contributed by atoms with Crippen molar-refractivity contribution < 1.29 is 9.84 Å². The lowest BCUT2D eigenvalue weighted by molar-refractivity contribution is 0.159. The Balaban J connectivity index is 3.01. The van der Waals surface area contributed by atoms with Crippen LogP contribution in [0, 0.1) is 0 Å². The van der Waals surface area contributed by atoms with Gasteiger partial charge in [0.15, 0.2) is 5.75 Å². The maximum atomic E-state index is 9.57. The Hall–Kier alpha value is -1.03. The molecule has 68 valence electrons. The quantitative estimate of drug-likeness (QED) is 0.732. The predicted octanol–water partition coefficient (Wildman–Crippen LogP) is 0.872. The minimum Gasteiger partial charge on any atom is -0.493 e. The molecule has 0 radical (unpaired) electrons. The predicted molar refractivity (Wildman–Crippen MR) is 45.0 cm³/mol. The van der Waals surface area contributed by atoms with Gasteiger partial charge in [0.05, 0.1) is 19.4 Å². The van der Waals surface area contributed by atoms with E-state index in [4.69, 9.17) is 4.74 Å². The van der Waals surface area contributed by atoms with E-state index in [0.717, 1.165) is 5.69 Å². The van der Waals surface area contributed by atoms with Gasteiger partial charge in [-0.25, -0.2) is 0 Å². The number of aliphatic hydroxyl groups is 1. The molecule has 1 atom stereocenters. The molecule has 0 fully saturated rings. The number of aryl methyl sites for hydroxylation is 1. The highest BCUT2D eigenvalue weighted by molar-refractivity contribution is 5.26. The third kappa shape index (κ3) is 1.43. The molecule has 1 unspecified atom stereocenters. The van der Waals surface area contributed by atoms with Crippen molar-refractivity contribution in [2.75, 3.05) is 7.11 Å². The highest BCUT2D eigenvalue weighted by atomic mass is 16.5. The summed E-state index contributed by atoms with van der Waals surface area (Å²) in [6, 6.07) is 0. The highest BCUT2D eigenvalue weighted by Crippen LogP contribution is 2.25. The Morgan fingerprint density at radius 1 is 1.75 bits per heavy atom. The number of hydrogen-bond acceptors (Lipinski definition) is 3. The minimum atomic E-state index is -0.493. The number of nitrogens with zero attached hydrogens (tertiary/aromatic N) is 2. The minimum absolute atomic E-state index is 0.493. The summed E-state index contributed by atoms with van der Waals surface area (Å²) < 4.78 is 6.68. The van der Waals surface area contributed by atoms with Crippen LogP contribution in [0.4, 0.5) is 0 Å². The van der Waals surface area contributed by atoms with Crippen LogP contribution in [0.25, 0.3) is 0 Å². The van der Waals surface area contributed by atoms with Crippen LogP contribution >= 0.6 is 0 Å². The normalized spacial score (nSPS) is 13.0. The third-order valence-electron chi connectivity index (χ3n) is 1.87. The molecule has 4 heteroatoms. The van der Waals surface area contributed by atoms with Gasteiger partial charge in [-0.2, -0.15) is 5.10 Å². The van der Waals surface area contributed by atoms with Gasteiger partial charge in [-0.15, -0.1) is 0 Å². The van der Waals surface area contributed by atoms with Crippen LogP contribution in [0.2, 0.25) is 0 Å². The molecule has 4 nitrogen and oxygen atoms in total. The lowest BCUT2D eigenvalue weighted by atomic mass is 10.2. The standard InChI is InChI=1S/C8H14N2O2/c1-4-6(11)8-7(12-3)5-9-10(8)2/h5-6,11H,4H2,1-3H3. The van der Waals surface area contributed by atoms with Crippen LogP contribution in [0.5, 0.6) is 5.75 Å². The van der Waals surface area contributed by atoms with Gasteiger partial charge in [0.25, 0.3) is 0 Å². The largest absolute Gasteiger partial charge is 0.493 e. The summed E-state index contributed by atoms with van der Waals surface area (Å²) in [6.45, 7) is 1.91. The van der Waals surface area contributed by atoms with Crippen molar-refractivity contribution in [3.05, 3.63) is 11.9 Å². The Morgan fingerprint density at radius 2 is 2.42 bits per heavy atom. The topological polar surface area (TPSA) is 47.3 Å². The number of hydrogen-bond donors (Lipinski definition) is 1. The van der Waals surface area contributed by atoms with Gasteiger partial charge in [0.1, 0.15) is 5.69 Å². The summed E-state index contributed by atoms with van der Waals surface area (Å²) in [6.07, 6.45) is 1.77. The molecule has 1 aromatic rings. The average Bonchev–Trinajstić information content (AvgIpc) is 2.45. The molecule has 1 rings (SSSR count). The molecule has 0 aromatic carbocycles. The first kappa shape index (κ1) is 9.06. The van der Waals surface area contributed by atoms with Crippen molar-refractivity contribution in [2.24, 2.45) is 7.05 Å². The molecule has 0 spiro atoms. The number of methoxy groups -OCH3 is 1. The number of aliphatic hydroxyl groups excluding tert-OH is 1. The zero-order chi connectivity index (χ0) is 9.14. The molecule has 1 heterocycles. The monoisotopic (exact) mass is 170 g/mol. The summed E-state index contributed by atoms with van der Waals surface area (Å²) >= 11 is 0. The molecule has 1 aromatic heterocycles. The summed E-state index contributed by atoms with van der Waals surface area (Å²) in [7, 11) is 3.36. The Morgan fingerprint density at radius 3 is 2.92 bits per heavy atom. The van der Waals surface area contributed by atoms with E-state index < -0.39 is 6.10 Å². The van der Waals surface area contributed by atoms with Crippen molar-refractivity contribution in [3.8, 4) is 5.75 Å². The molecule has 0 amide bonds. The summed E-state index contributed by atoms with van der Waals surface area (Å²) in [5.41, 5.74) is 0.736. The second-order valence-corrected chi connectivity index (χ2v) is 2.65. The smallest absolute Gasteiger partial charge is 0.162 e. The van der Waals surface area contributed by atoms with E-state index in [2.05, 4.69) is 5.10 Å². The first-order valence-corrected chi connectivity index (χ1v) is 3.94. The highest BCUT2D eigenvalue weighted by Gasteiger charge is 2.15. The van der Waals surface area contributed by atoms with Crippen LogP contribution in [-0.4, -0.2) is 22.0 Å². The van der Waals surface area contributed by atoms with E-state index in [1.807, 2.05) is 6.92 Å². The van der Waals surface area contributed by atoms with E-state index in [1.54, 1.807) is 25.0 Å². The van der Waals surface area contributed by atoms with Crippen LogP contribution in [-0.2, 0) is 7.05 Å². The number of aromatic nitrogens is 2. The maximum Gasteiger partial charge on any atom is 0.162 e. The lowest BCUT2D eigenvalue weighted by Gasteiger charge is -2.09. The van der Waals surface area contributed by atoms with Crippen LogP contribution in [0.1, 0.15) is 25.1 Å². The van der Waals surface area contributed by atoms with Crippen LogP contribution in [0.15, 0.2) is 6.20 Å². The van der Waals surface area contributed by atoms with Gasteiger partial charge in [0.2, 0.25) is 0 Å². The average molecular weight is 170 g/mol. The lowest BCUT2D eigenvalue weighted by Crippen LogP contribution is -2.05. The fourth-order valence-electron chi connectivity index (χ4n) is 1.16. The summed E-state index contributed by atoms with van der Waals surface area (Å²) in [4.78, 5) is 0. The summed E-state index contributed by atoms with van der Waals surface area (Å²) in [5.74, 6) is 0.645. The second-order valence-electron chi connectivity index (χ2n) is 2.65. The van der Waals surface area contributed by atoms with Gasteiger partial charge in [-0.05, 0) is 6.42 Å². The zero-order valence-corrected chi connectivity index (χ0v) is 7.61. The second kappa shape index (κ2) is 3.58. The van der Waals surface area contributed by atoms with E-state index in [9.17, 15) is 5.11 Å². The van der Waals surface area contributed by atoms with Gasteiger partial charge < -0.3 is 9.84 Å². The van der Waals surface area contributed by atoms with Gasteiger partial charge in [-0.1, -0.05) is 6.92 Å².